The number of hydrogen-bond acceptors (Lipinski definition) is 8. The predicted octanol–water partition coefficient (Wildman–Crippen LogP) is 3.85. The van der Waals surface area contributed by atoms with Crippen molar-refractivity contribution in [2.45, 2.75) is 10.6 Å². The minimum Gasteiger partial charge on any atom is -0.266 e. The number of pyridine rings is 1. The molecule has 144 valence electrons. The van der Waals surface area contributed by atoms with Gasteiger partial charge in [0.05, 0.1) is 29.2 Å². The molecule has 0 radical (unpaired) electrons. The zero-order chi connectivity index (χ0) is 20.4. The Kier molecular flexibility index (Phi) is 5.89. The average Bonchev–Trinajstić information content (AvgIpc) is 2.74. The van der Waals surface area contributed by atoms with E-state index in [-0.39, 0.29) is 5.56 Å². The molecule has 0 saturated heterocycles. The molecular formula is C19H13IN6OS2. The van der Waals surface area contributed by atoms with E-state index in [1.54, 1.807) is 42.8 Å². The summed E-state index contributed by atoms with van der Waals surface area (Å²) in [6.45, 7) is 0. The third kappa shape index (κ3) is 4.17. The van der Waals surface area contributed by atoms with Crippen LogP contribution in [-0.4, -0.2) is 26.2 Å². The van der Waals surface area contributed by atoms with E-state index >= 15 is 0 Å². The molecule has 1 aliphatic heterocycles. The summed E-state index contributed by atoms with van der Waals surface area (Å²) >= 11 is 5.02. The van der Waals surface area contributed by atoms with Crippen molar-refractivity contribution >= 4 is 56.2 Å². The van der Waals surface area contributed by atoms with Gasteiger partial charge in [-0.1, -0.05) is 29.6 Å². The first-order valence-electron chi connectivity index (χ1n) is 8.41. The van der Waals surface area contributed by atoms with Gasteiger partial charge in [-0.3, -0.25) is 14.8 Å². The lowest BCUT2D eigenvalue weighted by atomic mass is 10.1. The van der Waals surface area contributed by atoms with Crippen LogP contribution in [0.5, 0.6) is 0 Å². The number of nitriles is 1. The highest BCUT2D eigenvalue weighted by Crippen LogP contribution is 2.36. The van der Waals surface area contributed by atoms with Crippen LogP contribution in [0.3, 0.4) is 0 Å². The molecule has 3 heterocycles. The summed E-state index contributed by atoms with van der Waals surface area (Å²) in [7, 11) is 1.79. The molecule has 0 N–H and O–H groups in total. The van der Waals surface area contributed by atoms with Gasteiger partial charge in [0.25, 0.3) is 5.56 Å². The molecule has 29 heavy (non-hydrogen) atoms. The van der Waals surface area contributed by atoms with Crippen LogP contribution in [0.1, 0.15) is 11.1 Å². The number of anilines is 1. The standard InChI is InChI=1S/C19H13IN6OS2/c1-25-16-10-23-26(15-4-6-22-7-5-15)18(27)17(16)29-19(24-25)28-11-12-2-3-14(20)8-13(12)9-21/h2-8,10H,11H2,1H3. The molecular weight excluding hydrogens is 519 g/mol. The Morgan fingerprint density at radius 2 is 2.07 bits per heavy atom. The summed E-state index contributed by atoms with van der Waals surface area (Å²) in [5.74, 6) is 0.596. The molecule has 1 aliphatic rings. The lowest BCUT2D eigenvalue weighted by molar-refractivity contribution is 0.770. The minimum atomic E-state index is -0.203. The van der Waals surface area contributed by atoms with Gasteiger partial charge < -0.3 is 0 Å². The number of hydrogen-bond donors (Lipinski definition) is 0. The van der Waals surface area contributed by atoms with Crippen LogP contribution in [0.2, 0.25) is 0 Å². The van der Waals surface area contributed by atoms with Gasteiger partial charge in [-0.15, -0.1) is 0 Å². The monoisotopic (exact) mass is 532 g/mol. The van der Waals surface area contributed by atoms with Gasteiger partial charge in [0.15, 0.2) is 4.38 Å². The Labute approximate surface area is 189 Å². The molecule has 3 aromatic rings. The third-order valence-electron chi connectivity index (χ3n) is 4.14. The fraction of sp³-hybridized carbons (Fsp3) is 0.105. The second-order valence-corrected chi connectivity index (χ2v) is 9.44. The van der Waals surface area contributed by atoms with Crippen molar-refractivity contribution in [3.8, 4) is 11.8 Å². The second kappa shape index (κ2) is 8.56. The average molecular weight is 532 g/mol. The third-order valence-corrected chi connectivity index (χ3v) is 7.04. The molecule has 0 atom stereocenters. The van der Waals surface area contributed by atoms with E-state index in [4.69, 9.17) is 0 Å². The van der Waals surface area contributed by atoms with Crippen LogP contribution in [-0.2, 0) is 5.75 Å². The fourth-order valence-corrected chi connectivity index (χ4v) is 5.35. The largest absolute Gasteiger partial charge is 0.287 e. The number of thioether (sulfide) groups is 2. The van der Waals surface area contributed by atoms with Crippen LogP contribution < -0.4 is 10.6 Å². The lowest BCUT2D eigenvalue weighted by Gasteiger charge is -2.23. The van der Waals surface area contributed by atoms with E-state index < -0.39 is 0 Å². The van der Waals surface area contributed by atoms with Crippen molar-refractivity contribution in [2.24, 2.45) is 5.10 Å². The van der Waals surface area contributed by atoms with Crippen LogP contribution >= 0.6 is 46.1 Å². The quantitative estimate of drug-likeness (QED) is 0.474. The number of fused-ring (bicyclic) bond motifs is 1. The maximum Gasteiger partial charge on any atom is 0.287 e. The molecule has 0 unspecified atom stereocenters. The highest BCUT2D eigenvalue weighted by Gasteiger charge is 2.23. The Morgan fingerprint density at radius 1 is 1.28 bits per heavy atom. The van der Waals surface area contributed by atoms with Gasteiger partial charge >= 0.3 is 0 Å². The van der Waals surface area contributed by atoms with E-state index in [2.05, 4.69) is 43.8 Å². The van der Waals surface area contributed by atoms with Crippen LogP contribution in [0, 0.1) is 14.9 Å². The molecule has 10 heteroatoms. The molecule has 0 saturated carbocycles. The fourth-order valence-electron chi connectivity index (χ4n) is 2.69. The topological polar surface area (TPSA) is 87.2 Å². The first-order valence-corrected chi connectivity index (χ1v) is 11.3. The summed E-state index contributed by atoms with van der Waals surface area (Å²) in [5, 5.41) is 19.8. The van der Waals surface area contributed by atoms with Gasteiger partial charge in [0, 0.05) is 28.8 Å². The Hall–Kier alpha value is -2.36. The van der Waals surface area contributed by atoms with E-state index in [0.717, 1.165) is 13.5 Å². The summed E-state index contributed by atoms with van der Waals surface area (Å²) in [6.07, 6.45) is 4.89. The van der Waals surface area contributed by atoms with Gasteiger partial charge in [0.2, 0.25) is 0 Å². The van der Waals surface area contributed by atoms with Gasteiger partial charge in [-0.2, -0.15) is 20.1 Å². The lowest BCUT2D eigenvalue weighted by Crippen LogP contribution is -2.28. The smallest absolute Gasteiger partial charge is 0.266 e. The zero-order valence-electron chi connectivity index (χ0n) is 15.1. The van der Waals surface area contributed by atoms with Crippen LogP contribution in [0.4, 0.5) is 5.69 Å². The highest BCUT2D eigenvalue weighted by atomic mass is 127. The zero-order valence-corrected chi connectivity index (χ0v) is 18.9. The van der Waals surface area contributed by atoms with Gasteiger partial charge in [-0.05, 0) is 52.4 Å². The van der Waals surface area contributed by atoms with Crippen LogP contribution in [0.15, 0.2) is 63.7 Å². The first-order chi connectivity index (χ1) is 14.1. The highest BCUT2D eigenvalue weighted by molar-refractivity contribution is 14.1. The summed E-state index contributed by atoms with van der Waals surface area (Å²) < 4.78 is 3.13. The SMILES string of the molecule is CN1N=C(SCc2ccc(I)cc2C#N)Sc2c1cnn(-c1ccncc1)c2=O. The number of aromatic nitrogens is 3. The summed E-state index contributed by atoms with van der Waals surface area (Å²) in [4.78, 5) is 17.6. The summed E-state index contributed by atoms with van der Waals surface area (Å²) in [6, 6.07) is 11.5. The molecule has 0 bridgehead atoms. The van der Waals surface area contributed by atoms with Crippen molar-refractivity contribution in [2.75, 3.05) is 12.1 Å². The first kappa shape index (κ1) is 19.9. The van der Waals surface area contributed by atoms with Crippen molar-refractivity contribution < 1.29 is 0 Å². The molecule has 1 aromatic carbocycles. The Balaban J connectivity index is 1.60. The van der Waals surface area contributed by atoms with E-state index in [1.165, 1.54) is 28.2 Å². The number of halogens is 1. The predicted molar refractivity (Wildman–Crippen MR) is 124 cm³/mol. The Morgan fingerprint density at radius 3 is 2.83 bits per heavy atom. The minimum absolute atomic E-state index is 0.203. The van der Waals surface area contributed by atoms with E-state index in [9.17, 15) is 10.1 Å². The molecule has 4 rings (SSSR count). The van der Waals surface area contributed by atoms with Crippen molar-refractivity contribution in [3.05, 3.63) is 74.0 Å². The van der Waals surface area contributed by atoms with E-state index in [0.29, 0.717) is 27.6 Å². The maximum atomic E-state index is 13.0. The Bertz CT molecular complexity index is 1210. The molecule has 2 aromatic heterocycles. The molecule has 0 fully saturated rings. The van der Waals surface area contributed by atoms with Crippen molar-refractivity contribution in [1.82, 2.24) is 14.8 Å². The molecule has 0 aliphatic carbocycles. The van der Waals surface area contributed by atoms with Gasteiger partial charge in [0.1, 0.15) is 4.90 Å². The molecule has 0 amide bonds. The number of nitrogens with zero attached hydrogens (tertiary/aromatic N) is 6. The molecule has 7 nitrogen and oxygen atoms in total. The summed E-state index contributed by atoms with van der Waals surface area (Å²) in [5.41, 5.74) is 2.72. The van der Waals surface area contributed by atoms with Gasteiger partial charge in [-0.25, -0.2) is 0 Å². The number of hydrazone groups is 1. The molecule has 0 spiro atoms. The normalized spacial score (nSPS) is 12.9. The van der Waals surface area contributed by atoms with Crippen molar-refractivity contribution in [1.29, 1.82) is 5.26 Å². The second-order valence-electron chi connectivity index (χ2n) is 5.97. The number of benzene rings is 1. The maximum absolute atomic E-state index is 13.0. The van der Waals surface area contributed by atoms with E-state index in [1.807, 2.05) is 18.2 Å². The van der Waals surface area contributed by atoms with Crippen LogP contribution in [0.25, 0.3) is 5.69 Å². The van der Waals surface area contributed by atoms with Crippen molar-refractivity contribution in [3.63, 3.8) is 0 Å². The number of rotatable bonds is 3.